The van der Waals surface area contributed by atoms with E-state index in [1.165, 1.54) is 5.56 Å². The van der Waals surface area contributed by atoms with E-state index in [1.807, 2.05) is 39.0 Å². The molecule has 0 atom stereocenters. The number of hydrogen-bond acceptors (Lipinski definition) is 4. The minimum absolute atomic E-state index is 0.234. The number of carbonyl (C=O) groups is 2. The van der Waals surface area contributed by atoms with Crippen LogP contribution in [0.25, 0.3) is 0 Å². The first-order valence-corrected chi connectivity index (χ1v) is 9.37. The molecule has 0 bridgehead atoms. The highest BCUT2D eigenvalue weighted by atomic mass is 16.6. The van der Waals surface area contributed by atoms with Crippen LogP contribution < -0.4 is 9.47 Å². The van der Waals surface area contributed by atoms with Crippen LogP contribution in [0.3, 0.4) is 0 Å². The quantitative estimate of drug-likeness (QED) is 0.509. The van der Waals surface area contributed by atoms with Crippen molar-refractivity contribution in [2.45, 2.75) is 40.5 Å². The number of ether oxygens (including phenoxy) is 2. The molecule has 0 N–H and O–H groups in total. The Morgan fingerprint density at radius 1 is 0.926 bits per heavy atom. The van der Waals surface area contributed by atoms with Gasteiger partial charge in [-0.3, -0.25) is 0 Å². The number of amides is 1. The van der Waals surface area contributed by atoms with Crippen LogP contribution >= 0.6 is 0 Å². The number of esters is 1. The predicted molar refractivity (Wildman–Crippen MR) is 106 cm³/mol. The predicted octanol–water partition coefficient (Wildman–Crippen LogP) is 5.01. The van der Waals surface area contributed by atoms with Crippen molar-refractivity contribution >= 4 is 12.1 Å². The van der Waals surface area contributed by atoms with Gasteiger partial charge in [-0.15, -0.1) is 0 Å². The van der Waals surface area contributed by atoms with Gasteiger partial charge >= 0.3 is 12.1 Å². The largest absolute Gasteiger partial charge is 0.419 e. The van der Waals surface area contributed by atoms with Gasteiger partial charge in [-0.05, 0) is 56.5 Å². The maximum atomic E-state index is 12.5. The molecule has 1 amide bonds. The number of aryl methyl sites for hydroxylation is 2. The van der Waals surface area contributed by atoms with Crippen molar-refractivity contribution in [3.8, 4) is 11.5 Å². The Hall–Kier alpha value is -2.82. The van der Waals surface area contributed by atoms with Crippen molar-refractivity contribution < 1.29 is 19.1 Å². The Labute approximate surface area is 160 Å². The van der Waals surface area contributed by atoms with E-state index in [4.69, 9.17) is 9.47 Å². The standard InChI is InChI=1S/C22H27NO4/c1-5-9-17-12-14-18(15-13-17)21(24)26-19-11-8-10-16(4)20(19)27-22(25)23(6-2)7-3/h8,10-15H,5-7,9H2,1-4H3. The molecule has 0 fully saturated rings. The van der Waals surface area contributed by atoms with Crippen molar-refractivity contribution in [1.82, 2.24) is 4.90 Å². The van der Waals surface area contributed by atoms with Crippen LogP contribution in [0.15, 0.2) is 42.5 Å². The molecule has 0 saturated heterocycles. The third kappa shape index (κ3) is 5.33. The summed E-state index contributed by atoms with van der Waals surface area (Å²) < 4.78 is 11.0. The summed E-state index contributed by atoms with van der Waals surface area (Å²) in [6.07, 6.45) is 1.56. The van der Waals surface area contributed by atoms with Gasteiger partial charge in [-0.2, -0.15) is 0 Å². The molecular weight excluding hydrogens is 342 g/mol. The van der Waals surface area contributed by atoms with Gasteiger partial charge in [0.15, 0.2) is 11.5 Å². The molecule has 0 aliphatic heterocycles. The fourth-order valence-corrected chi connectivity index (χ4v) is 2.73. The molecule has 0 radical (unpaired) electrons. The first-order chi connectivity index (χ1) is 13.0. The average Bonchev–Trinajstić information content (AvgIpc) is 2.66. The average molecular weight is 369 g/mol. The number of rotatable bonds is 7. The maximum Gasteiger partial charge on any atom is 0.415 e. The topological polar surface area (TPSA) is 55.8 Å². The second-order valence-electron chi connectivity index (χ2n) is 6.28. The van der Waals surface area contributed by atoms with E-state index in [0.29, 0.717) is 18.7 Å². The zero-order valence-electron chi connectivity index (χ0n) is 16.5. The van der Waals surface area contributed by atoms with E-state index in [2.05, 4.69) is 6.92 Å². The van der Waals surface area contributed by atoms with Crippen LogP contribution in [-0.4, -0.2) is 30.1 Å². The lowest BCUT2D eigenvalue weighted by Crippen LogP contribution is -2.33. The summed E-state index contributed by atoms with van der Waals surface area (Å²) >= 11 is 0. The Morgan fingerprint density at radius 3 is 2.19 bits per heavy atom. The highest BCUT2D eigenvalue weighted by molar-refractivity contribution is 5.91. The van der Waals surface area contributed by atoms with Crippen LogP contribution in [0.2, 0.25) is 0 Å². The van der Waals surface area contributed by atoms with Crippen molar-refractivity contribution in [2.75, 3.05) is 13.1 Å². The molecule has 144 valence electrons. The summed E-state index contributed by atoms with van der Waals surface area (Å²) in [6, 6.07) is 12.6. The van der Waals surface area contributed by atoms with E-state index < -0.39 is 12.1 Å². The van der Waals surface area contributed by atoms with Crippen molar-refractivity contribution in [1.29, 1.82) is 0 Å². The Kier molecular flexibility index (Phi) is 7.41. The third-order valence-electron chi connectivity index (χ3n) is 4.32. The van der Waals surface area contributed by atoms with Crippen LogP contribution in [0.4, 0.5) is 4.79 Å². The van der Waals surface area contributed by atoms with Crippen LogP contribution in [-0.2, 0) is 6.42 Å². The lowest BCUT2D eigenvalue weighted by molar-refractivity contribution is 0.0727. The molecule has 0 saturated carbocycles. The number of nitrogens with zero attached hydrogens (tertiary/aromatic N) is 1. The van der Waals surface area contributed by atoms with Gasteiger partial charge in [0.25, 0.3) is 0 Å². The fourth-order valence-electron chi connectivity index (χ4n) is 2.73. The second-order valence-corrected chi connectivity index (χ2v) is 6.28. The molecule has 0 heterocycles. The summed E-state index contributed by atoms with van der Waals surface area (Å²) in [5.41, 5.74) is 2.36. The van der Waals surface area contributed by atoms with Gasteiger partial charge in [0.1, 0.15) is 0 Å². The first kappa shape index (κ1) is 20.5. The first-order valence-electron chi connectivity index (χ1n) is 9.37. The molecule has 0 aliphatic rings. The number of hydrogen-bond donors (Lipinski definition) is 0. The summed E-state index contributed by atoms with van der Waals surface area (Å²) in [7, 11) is 0. The molecule has 2 aromatic rings. The van der Waals surface area contributed by atoms with E-state index >= 15 is 0 Å². The lowest BCUT2D eigenvalue weighted by Gasteiger charge is -2.20. The van der Waals surface area contributed by atoms with Gasteiger partial charge in [0.2, 0.25) is 0 Å². The van der Waals surface area contributed by atoms with E-state index in [9.17, 15) is 9.59 Å². The Bertz CT molecular complexity index is 779. The monoisotopic (exact) mass is 369 g/mol. The van der Waals surface area contributed by atoms with Crippen molar-refractivity contribution in [3.05, 3.63) is 59.2 Å². The zero-order valence-corrected chi connectivity index (χ0v) is 16.5. The molecule has 5 nitrogen and oxygen atoms in total. The van der Waals surface area contributed by atoms with E-state index in [0.717, 1.165) is 18.4 Å². The smallest absolute Gasteiger partial charge is 0.415 e. The van der Waals surface area contributed by atoms with Gasteiger partial charge in [0, 0.05) is 13.1 Å². The van der Waals surface area contributed by atoms with Crippen LogP contribution in [0, 0.1) is 6.92 Å². The molecule has 0 spiro atoms. The lowest BCUT2D eigenvalue weighted by atomic mass is 10.1. The van der Waals surface area contributed by atoms with E-state index in [-0.39, 0.29) is 11.5 Å². The van der Waals surface area contributed by atoms with Crippen molar-refractivity contribution in [2.24, 2.45) is 0 Å². The second kappa shape index (κ2) is 9.76. The number of benzene rings is 2. The number of para-hydroxylation sites is 1. The van der Waals surface area contributed by atoms with Gasteiger partial charge in [-0.1, -0.05) is 37.6 Å². The Balaban J connectivity index is 2.19. The van der Waals surface area contributed by atoms with Crippen LogP contribution in [0.1, 0.15) is 48.7 Å². The van der Waals surface area contributed by atoms with Crippen LogP contribution in [0.5, 0.6) is 11.5 Å². The Morgan fingerprint density at radius 2 is 1.59 bits per heavy atom. The molecule has 2 rings (SSSR count). The molecular formula is C22H27NO4. The summed E-state index contributed by atoms with van der Waals surface area (Å²) in [4.78, 5) is 26.4. The summed E-state index contributed by atoms with van der Waals surface area (Å²) in [6.45, 7) is 8.76. The summed E-state index contributed by atoms with van der Waals surface area (Å²) in [5, 5.41) is 0. The maximum absolute atomic E-state index is 12.5. The minimum atomic E-state index is -0.483. The van der Waals surface area contributed by atoms with E-state index in [1.54, 1.807) is 29.2 Å². The molecule has 27 heavy (non-hydrogen) atoms. The van der Waals surface area contributed by atoms with Gasteiger partial charge in [0.05, 0.1) is 5.56 Å². The molecule has 0 aromatic heterocycles. The normalized spacial score (nSPS) is 10.4. The highest BCUT2D eigenvalue weighted by Crippen LogP contribution is 2.32. The minimum Gasteiger partial charge on any atom is -0.419 e. The van der Waals surface area contributed by atoms with Gasteiger partial charge in [-0.25, -0.2) is 9.59 Å². The molecule has 2 aromatic carbocycles. The zero-order chi connectivity index (χ0) is 19.8. The highest BCUT2D eigenvalue weighted by Gasteiger charge is 2.19. The molecule has 0 aliphatic carbocycles. The van der Waals surface area contributed by atoms with Gasteiger partial charge < -0.3 is 14.4 Å². The molecule has 0 unspecified atom stereocenters. The SMILES string of the molecule is CCCc1ccc(C(=O)Oc2cccc(C)c2OC(=O)N(CC)CC)cc1. The van der Waals surface area contributed by atoms with Crippen molar-refractivity contribution in [3.63, 3.8) is 0 Å². The fraction of sp³-hybridized carbons (Fsp3) is 0.364. The number of carbonyl (C=O) groups excluding carboxylic acids is 2. The third-order valence-corrected chi connectivity index (χ3v) is 4.32. The summed E-state index contributed by atoms with van der Waals surface area (Å²) in [5.74, 6) is 0.0206. The molecule has 5 heteroatoms.